The number of rotatable bonds is 3. The summed E-state index contributed by atoms with van der Waals surface area (Å²) in [5.41, 5.74) is 2.46. The second-order valence-electron chi connectivity index (χ2n) is 5.35. The Morgan fingerprint density at radius 3 is 2.58 bits per heavy atom. The lowest BCUT2D eigenvalue weighted by Crippen LogP contribution is -2.07. The molecule has 0 saturated heterocycles. The van der Waals surface area contributed by atoms with E-state index in [1.165, 1.54) is 6.92 Å². The Morgan fingerprint density at radius 1 is 1.12 bits per heavy atom. The molecule has 0 fully saturated rings. The molecule has 3 N–H and O–H groups in total. The fraction of sp³-hybridized carbons (Fsp3) is 0.0556. The first kappa shape index (κ1) is 15.5. The summed E-state index contributed by atoms with van der Waals surface area (Å²) in [6.07, 6.45) is 0.729. The SMILES string of the molecule is CC(=O)Nc1cccc(C(=O)c2ccc3c(c2)/C(=C/O)C(=O)N3)c1. The Kier molecular flexibility index (Phi) is 3.87. The van der Waals surface area contributed by atoms with Crippen LogP contribution in [0.4, 0.5) is 11.4 Å². The number of aliphatic hydroxyl groups excluding tert-OH is 1. The monoisotopic (exact) mass is 322 g/mol. The largest absolute Gasteiger partial charge is 0.515 e. The molecule has 2 aromatic rings. The first-order chi connectivity index (χ1) is 11.5. The summed E-state index contributed by atoms with van der Waals surface area (Å²) in [4.78, 5) is 35.5. The molecule has 6 heteroatoms. The minimum absolute atomic E-state index is 0.117. The van der Waals surface area contributed by atoms with Crippen LogP contribution >= 0.6 is 0 Å². The van der Waals surface area contributed by atoms with E-state index in [0.29, 0.717) is 28.1 Å². The molecule has 0 atom stereocenters. The Bertz CT molecular complexity index is 900. The Morgan fingerprint density at radius 2 is 1.88 bits per heavy atom. The first-order valence-electron chi connectivity index (χ1n) is 7.22. The van der Waals surface area contributed by atoms with Gasteiger partial charge in [-0.15, -0.1) is 0 Å². The molecule has 1 heterocycles. The highest BCUT2D eigenvalue weighted by molar-refractivity contribution is 6.31. The van der Waals surface area contributed by atoms with Crippen LogP contribution in [-0.4, -0.2) is 22.7 Å². The van der Waals surface area contributed by atoms with E-state index < -0.39 is 5.91 Å². The van der Waals surface area contributed by atoms with E-state index in [0.717, 1.165) is 6.26 Å². The topological polar surface area (TPSA) is 95.5 Å². The van der Waals surface area contributed by atoms with Crippen molar-refractivity contribution in [2.45, 2.75) is 6.92 Å². The van der Waals surface area contributed by atoms with Gasteiger partial charge in [-0.1, -0.05) is 12.1 Å². The van der Waals surface area contributed by atoms with E-state index >= 15 is 0 Å². The minimum Gasteiger partial charge on any atom is -0.515 e. The maximum absolute atomic E-state index is 12.7. The highest BCUT2D eigenvalue weighted by atomic mass is 16.2. The van der Waals surface area contributed by atoms with Crippen molar-refractivity contribution < 1.29 is 19.5 Å². The van der Waals surface area contributed by atoms with Crippen LogP contribution in [0.1, 0.15) is 28.4 Å². The molecule has 2 aromatic carbocycles. The summed E-state index contributed by atoms with van der Waals surface area (Å²) in [6, 6.07) is 11.4. The molecule has 1 aliphatic rings. The molecule has 24 heavy (non-hydrogen) atoms. The van der Waals surface area contributed by atoms with Gasteiger partial charge in [0.25, 0.3) is 5.91 Å². The Balaban J connectivity index is 1.96. The van der Waals surface area contributed by atoms with Crippen LogP contribution in [0.5, 0.6) is 0 Å². The first-order valence-corrected chi connectivity index (χ1v) is 7.22. The maximum atomic E-state index is 12.7. The van der Waals surface area contributed by atoms with Crippen LogP contribution < -0.4 is 10.6 Å². The summed E-state index contributed by atoms with van der Waals surface area (Å²) in [5, 5.41) is 14.4. The number of nitrogens with one attached hydrogen (secondary N) is 2. The summed E-state index contributed by atoms with van der Waals surface area (Å²) < 4.78 is 0. The Hall–Kier alpha value is -3.41. The van der Waals surface area contributed by atoms with Gasteiger partial charge in [0.15, 0.2) is 5.78 Å². The van der Waals surface area contributed by atoms with Crippen molar-refractivity contribution in [3.05, 3.63) is 65.4 Å². The molecule has 120 valence electrons. The molecular formula is C18H14N2O4. The van der Waals surface area contributed by atoms with Crippen molar-refractivity contribution in [2.24, 2.45) is 0 Å². The van der Waals surface area contributed by atoms with Gasteiger partial charge in [0, 0.05) is 35.0 Å². The highest BCUT2D eigenvalue weighted by Crippen LogP contribution is 2.32. The molecular weight excluding hydrogens is 308 g/mol. The van der Waals surface area contributed by atoms with Gasteiger partial charge < -0.3 is 15.7 Å². The lowest BCUT2D eigenvalue weighted by Gasteiger charge is -2.07. The van der Waals surface area contributed by atoms with Crippen LogP contribution in [0.25, 0.3) is 5.57 Å². The lowest BCUT2D eigenvalue weighted by molar-refractivity contribution is -0.114. The van der Waals surface area contributed by atoms with E-state index in [-0.39, 0.29) is 17.3 Å². The molecule has 0 saturated carbocycles. The van der Waals surface area contributed by atoms with Gasteiger partial charge in [-0.05, 0) is 30.3 Å². The fourth-order valence-electron chi connectivity index (χ4n) is 2.57. The number of hydrogen-bond donors (Lipinski definition) is 3. The molecule has 0 spiro atoms. The number of ketones is 1. The highest BCUT2D eigenvalue weighted by Gasteiger charge is 2.25. The van der Waals surface area contributed by atoms with E-state index in [9.17, 15) is 19.5 Å². The minimum atomic E-state index is -0.412. The second kappa shape index (κ2) is 6.00. The number of carbonyl (C=O) groups is 3. The number of anilines is 2. The van der Waals surface area contributed by atoms with Gasteiger partial charge in [0.1, 0.15) is 0 Å². The number of aliphatic hydroxyl groups is 1. The van der Waals surface area contributed by atoms with Crippen LogP contribution in [0.15, 0.2) is 48.7 Å². The van der Waals surface area contributed by atoms with Crippen molar-refractivity contribution in [1.82, 2.24) is 0 Å². The molecule has 0 aromatic heterocycles. The van der Waals surface area contributed by atoms with Crippen molar-refractivity contribution in [3.8, 4) is 0 Å². The van der Waals surface area contributed by atoms with Crippen LogP contribution in [0.3, 0.4) is 0 Å². The average molecular weight is 322 g/mol. The van der Waals surface area contributed by atoms with Crippen molar-refractivity contribution in [1.29, 1.82) is 0 Å². The van der Waals surface area contributed by atoms with E-state index in [1.54, 1.807) is 42.5 Å². The number of fused-ring (bicyclic) bond motifs is 1. The van der Waals surface area contributed by atoms with Gasteiger partial charge in [-0.2, -0.15) is 0 Å². The van der Waals surface area contributed by atoms with Crippen molar-refractivity contribution in [2.75, 3.05) is 10.6 Å². The third kappa shape index (κ3) is 2.77. The van der Waals surface area contributed by atoms with Crippen LogP contribution in [0, 0.1) is 0 Å². The number of benzene rings is 2. The maximum Gasteiger partial charge on any atom is 0.259 e. The van der Waals surface area contributed by atoms with E-state index in [4.69, 9.17) is 0 Å². The average Bonchev–Trinajstić information content (AvgIpc) is 2.87. The van der Waals surface area contributed by atoms with Crippen molar-refractivity contribution >= 4 is 34.5 Å². The molecule has 0 bridgehead atoms. The molecule has 6 nitrogen and oxygen atoms in total. The van der Waals surface area contributed by atoms with Crippen molar-refractivity contribution in [3.63, 3.8) is 0 Å². The fourth-order valence-corrected chi connectivity index (χ4v) is 2.57. The lowest BCUT2D eigenvalue weighted by atomic mass is 9.98. The van der Waals surface area contributed by atoms with Crippen LogP contribution in [-0.2, 0) is 9.59 Å². The number of hydrogen-bond acceptors (Lipinski definition) is 4. The molecule has 2 amide bonds. The zero-order valence-electron chi connectivity index (χ0n) is 12.8. The van der Waals surface area contributed by atoms with Crippen LogP contribution in [0.2, 0.25) is 0 Å². The molecule has 0 aliphatic carbocycles. The van der Waals surface area contributed by atoms with Gasteiger partial charge in [0.2, 0.25) is 5.91 Å². The zero-order valence-corrected chi connectivity index (χ0v) is 12.8. The molecule has 0 radical (unpaired) electrons. The summed E-state index contributed by atoms with van der Waals surface area (Å²) in [7, 11) is 0. The van der Waals surface area contributed by atoms with Gasteiger partial charge in [0.05, 0.1) is 11.8 Å². The smallest absolute Gasteiger partial charge is 0.259 e. The summed E-state index contributed by atoms with van der Waals surface area (Å²) in [5.74, 6) is -0.883. The van der Waals surface area contributed by atoms with Gasteiger partial charge in [-0.3, -0.25) is 14.4 Å². The molecule has 3 rings (SSSR count). The second-order valence-corrected chi connectivity index (χ2v) is 5.35. The summed E-state index contributed by atoms with van der Waals surface area (Å²) >= 11 is 0. The third-order valence-corrected chi connectivity index (χ3v) is 3.64. The van der Waals surface area contributed by atoms with E-state index in [1.807, 2.05) is 0 Å². The van der Waals surface area contributed by atoms with Gasteiger partial charge in [-0.25, -0.2) is 0 Å². The standard InChI is InChI=1S/C18H14N2O4/c1-10(22)19-13-4-2-3-11(7-13)17(23)12-5-6-16-14(8-12)15(9-21)18(24)20-16/h2-9,21H,1H3,(H,19,22)(H,20,24)/b15-9-. The predicted molar refractivity (Wildman–Crippen MR) is 89.9 cm³/mol. The van der Waals surface area contributed by atoms with E-state index in [2.05, 4.69) is 10.6 Å². The quantitative estimate of drug-likeness (QED) is 0.460. The molecule has 1 aliphatic heterocycles. The number of amides is 2. The normalized spacial score (nSPS) is 14.2. The predicted octanol–water partition coefficient (Wildman–Crippen LogP) is 2.73. The van der Waals surface area contributed by atoms with Gasteiger partial charge >= 0.3 is 0 Å². The zero-order chi connectivity index (χ0) is 17.3. The third-order valence-electron chi connectivity index (χ3n) is 3.64. The molecule has 0 unspecified atom stereocenters. The Labute approximate surface area is 137 Å². The number of carbonyl (C=O) groups excluding carboxylic acids is 3. The summed E-state index contributed by atoms with van der Waals surface area (Å²) in [6.45, 7) is 1.39.